The van der Waals surface area contributed by atoms with E-state index in [2.05, 4.69) is 100 Å². The Morgan fingerprint density at radius 1 is 0.438 bits per heavy atom. The van der Waals surface area contributed by atoms with Gasteiger partial charge in [0.15, 0.2) is 0 Å². The van der Waals surface area contributed by atoms with Crippen molar-refractivity contribution in [3.8, 4) is 0 Å². The topological polar surface area (TPSA) is 0 Å². The van der Waals surface area contributed by atoms with E-state index in [0.29, 0.717) is 0 Å². The van der Waals surface area contributed by atoms with Crippen LogP contribution in [0.4, 0.5) is 0 Å². The molecule has 0 aliphatic carbocycles. The first-order valence-corrected chi connectivity index (χ1v) is 13.4. The Morgan fingerprint density at radius 2 is 0.781 bits per heavy atom. The van der Waals surface area contributed by atoms with E-state index in [1.165, 1.54) is 74.2 Å². The zero-order valence-electron chi connectivity index (χ0n) is 19.7. The summed E-state index contributed by atoms with van der Waals surface area (Å²) in [6, 6.07) is 33.5. The summed E-state index contributed by atoms with van der Waals surface area (Å²) in [5.41, 5.74) is 4.66. The molecule has 1 heteroatoms. The second-order valence-electron chi connectivity index (χ2n) is 9.50. The van der Waals surface area contributed by atoms with Crippen molar-refractivity contribution in [3.63, 3.8) is 0 Å². The third kappa shape index (κ3) is 8.91. The molecule has 0 aliphatic rings. The lowest BCUT2D eigenvalue weighted by Gasteiger charge is -2.35. The lowest BCUT2D eigenvalue weighted by molar-refractivity contribution is 0.243. The van der Waals surface area contributed by atoms with Crippen molar-refractivity contribution in [2.24, 2.45) is 5.41 Å². The molecule has 0 amide bonds. The van der Waals surface area contributed by atoms with Crippen molar-refractivity contribution in [2.45, 2.75) is 70.6 Å². The molecule has 0 heterocycles. The number of hydrogen-bond donors (Lipinski definition) is 0. The zero-order valence-corrected chi connectivity index (χ0v) is 20.9. The first kappa shape index (κ1) is 24.7. The number of hydrogen-bond acceptors (Lipinski definition) is 0. The van der Waals surface area contributed by atoms with Gasteiger partial charge in [0, 0.05) is 0 Å². The van der Waals surface area contributed by atoms with Gasteiger partial charge in [-0.05, 0) is 60.4 Å². The predicted octanol–water partition coefficient (Wildman–Crippen LogP) is 8.70. The van der Waals surface area contributed by atoms with E-state index in [1.54, 1.807) is 0 Å². The van der Waals surface area contributed by atoms with Crippen LogP contribution in [-0.4, -0.2) is 6.16 Å². The molecule has 1 unspecified atom stereocenters. The van der Waals surface area contributed by atoms with Crippen molar-refractivity contribution >= 4 is 9.24 Å². The third-order valence-corrected chi connectivity index (χ3v) is 7.09. The molecule has 0 bridgehead atoms. The Labute approximate surface area is 199 Å². The number of rotatable bonds is 15. The van der Waals surface area contributed by atoms with Gasteiger partial charge in [-0.2, -0.15) is 0 Å². The quantitative estimate of drug-likeness (QED) is 0.162. The molecule has 0 radical (unpaired) electrons. The summed E-state index contributed by atoms with van der Waals surface area (Å²) < 4.78 is 0. The summed E-state index contributed by atoms with van der Waals surface area (Å²) in [5.74, 6) is 0. The van der Waals surface area contributed by atoms with Crippen molar-refractivity contribution in [3.05, 3.63) is 108 Å². The second kappa shape index (κ2) is 14.3. The molecule has 0 fully saturated rings. The lowest BCUT2D eigenvalue weighted by Crippen LogP contribution is -2.30. The van der Waals surface area contributed by atoms with Gasteiger partial charge in [0.05, 0.1) is 0 Å². The highest BCUT2D eigenvalue weighted by Crippen LogP contribution is 2.37. The fourth-order valence-electron chi connectivity index (χ4n) is 5.07. The lowest BCUT2D eigenvalue weighted by atomic mass is 9.69. The van der Waals surface area contributed by atoms with Crippen LogP contribution in [0.2, 0.25) is 0 Å². The summed E-state index contributed by atoms with van der Waals surface area (Å²) in [7, 11) is 2.85. The molecule has 0 spiro atoms. The average molecular weight is 445 g/mol. The van der Waals surface area contributed by atoms with Crippen molar-refractivity contribution in [1.82, 2.24) is 0 Å². The fourth-order valence-corrected chi connectivity index (χ4v) is 5.36. The molecule has 3 rings (SSSR count). The van der Waals surface area contributed by atoms with Crippen molar-refractivity contribution in [1.29, 1.82) is 0 Å². The van der Waals surface area contributed by atoms with Gasteiger partial charge in [-0.1, -0.05) is 130 Å². The van der Waals surface area contributed by atoms with Crippen LogP contribution in [-0.2, 0) is 19.3 Å². The maximum Gasteiger partial charge on any atom is -0.0176 e. The van der Waals surface area contributed by atoms with Gasteiger partial charge in [-0.3, -0.25) is 0 Å². The number of benzene rings is 3. The molecule has 0 saturated heterocycles. The van der Waals surface area contributed by atoms with Gasteiger partial charge in [0.25, 0.3) is 0 Å². The number of unbranched alkanes of at least 4 members (excludes halogenated alkanes) is 6. The summed E-state index contributed by atoms with van der Waals surface area (Å²) >= 11 is 0. The van der Waals surface area contributed by atoms with Gasteiger partial charge in [-0.25, -0.2) is 0 Å². The predicted molar refractivity (Wildman–Crippen MR) is 144 cm³/mol. The molecule has 0 nitrogen and oxygen atoms in total. The molecule has 3 aromatic rings. The minimum atomic E-state index is 0.253. The zero-order chi connectivity index (χ0) is 22.3. The normalized spacial score (nSPS) is 11.5. The van der Waals surface area contributed by atoms with Crippen LogP contribution in [0.1, 0.15) is 68.1 Å². The van der Waals surface area contributed by atoms with Crippen molar-refractivity contribution in [2.75, 3.05) is 6.16 Å². The van der Waals surface area contributed by atoms with Gasteiger partial charge < -0.3 is 0 Å². The summed E-state index contributed by atoms with van der Waals surface area (Å²) in [4.78, 5) is 0. The van der Waals surface area contributed by atoms with E-state index in [4.69, 9.17) is 0 Å². The van der Waals surface area contributed by atoms with Crippen LogP contribution in [0.5, 0.6) is 0 Å². The van der Waals surface area contributed by atoms with Crippen LogP contribution >= 0.6 is 9.24 Å². The Hall–Kier alpha value is -1.91. The van der Waals surface area contributed by atoms with Gasteiger partial charge in [-0.15, -0.1) is 9.24 Å². The Balaban J connectivity index is 1.74. The molecule has 0 saturated carbocycles. The van der Waals surface area contributed by atoms with E-state index >= 15 is 0 Å². The molecular weight excluding hydrogens is 403 g/mol. The van der Waals surface area contributed by atoms with Crippen LogP contribution in [0, 0.1) is 5.41 Å². The van der Waals surface area contributed by atoms with E-state index in [-0.39, 0.29) is 5.41 Å². The Kier molecular flexibility index (Phi) is 11.0. The minimum Gasteiger partial charge on any atom is -0.138 e. The van der Waals surface area contributed by atoms with Crippen molar-refractivity contribution < 1.29 is 0 Å². The second-order valence-corrected chi connectivity index (χ2v) is 10.1. The van der Waals surface area contributed by atoms with Crippen LogP contribution in [0.15, 0.2) is 91.0 Å². The molecule has 1 atom stereocenters. The molecule has 0 aromatic heterocycles. The smallest absolute Gasteiger partial charge is 0.0176 e. The highest BCUT2D eigenvalue weighted by atomic mass is 31.0. The molecule has 0 N–H and O–H groups in total. The van der Waals surface area contributed by atoms with Crippen LogP contribution in [0.3, 0.4) is 0 Å². The van der Waals surface area contributed by atoms with E-state index < -0.39 is 0 Å². The SMILES string of the molecule is PCCCCCCCCCC(Cc1ccccc1)(Cc1ccccc1)Cc1ccccc1. The van der Waals surface area contributed by atoms with E-state index in [0.717, 1.165) is 19.3 Å². The van der Waals surface area contributed by atoms with E-state index in [1.807, 2.05) is 0 Å². The monoisotopic (exact) mass is 444 g/mol. The largest absolute Gasteiger partial charge is 0.138 e. The summed E-state index contributed by atoms with van der Waals surface area (Å²) in [6.07, 6.45) is 15.6. The maximum absolute atomic E-state index is 2.85. The van der Waals surface area contributed by atoms with Crippen LogP contribution < -0.4 is 0 Å². The first-order valence-electron chi connectivity index (χ1n) is 12.6. The van der Waals surface area contributed by atoms with Crippen LogP contribution in [0.25, 0.3) is 0 Å². The molecule has 170 valence electrons. The van der Waals surface area contributed by atoms with Gasteiger partial charge in [0.1, 0.15) is 0 Å². The molecular formula is C31H41P. The Bertz CT molecular complexity index is 740. The molecule has 32 heavy (non-hydrogen) atoms. The van der Waals surface area contributed by atoms with Gasteiger partial charge in [0.2, 0.25) is 0 Å². The molecule has 0 aliphatic heterocycles. The molecule has 3 aromatic carbocycles. The van der Waals surface area contributed by atoms with Gasteiger partial charge >= 0.3 is 0 Å². The fraction of sp³-hybridized carbons (Fsp3) is 0.419. The van der Waals surface area contributed by atoms with E-state index in [9.17, 15) is 0 Å². The Morgan fingerprint density at radius 3 is 1.16 bits per heavy atom. The summed E-state index contributed by atoms with van der Waals surface area (Å²) in [5, 5.41) is 0. The average Bonchev–Trinajstić information content (AvgIpc) is 2.83. The maximum atomic E-state index is 2.85. The first-order chi connectivity index (χ1) is 15.8. The highest BCUT2D eigenvalue weighted by molar-refractivity contribution is 7.16. The standard InChI is InChI=1S/C31H41P/c32-24-16-5-3-1-2-4-15-23-31(25-28-17-9-6-10-18-28,26-29-19-11-7-12-20-29)27-30-21-13-8-14-22-30/h6-14,17-22H,1-5,15-16,23-27,32H2. The minimum absolute atomic E-state index is 0.253. The third-order valence-electron chi connectivity index (χ3n) is 6.68. The summed E-state index contributed by atoms with van der Waals surface area (Å²) in [6.45, 7) is 0. The highest BCUT2D eigenvalue weighted by Gasteiger charge is 2.30.